The summed E-state index contributed by atoms with van der Waals surface area (Å²) in [6.45, 7) is 5.33. The molecule has 21 bridgehead atoms. The van der Waals surface area contributed by atoms with E-state index in [0.717, 1.165) is 19.4 Å². The van der Waals surface area contributed by atoms with Crippen molar-refractivity contribution in [2.24, 2.45) is 104 Å². The number of likely N-dealkylation sites (tertiary alicyclic amines) is 3. The minimum atomic E-state index is -1.86. The van der Waals surface area contributed by atoms with Crippen LogP contribution in [0, 0.1) is 104 Å². The van der Waals surface area contributed by atoms with Crippen LogP contribution in [0.1, 0.15) is 89.9 Å². The summed E-state index contributed by atoms with van der Waals surface area (Å²) in [6, 6.07) is 24.8. The molecule has 0 amide bonds. The lowest BCUT2D eigenvalue weighted by molar-refractivity contribution is -0.321. The number of hydrogen-bond donors (Lipinski definition) is 9. The lowest BCUT2D eigenvalue weighted by Gasteiger charge is -2.70. The smallest absolute Gasteiger partial charge is 0.338 e. The number of esters is 5. The summed E-state index contributed by atoms with van der Waals surface area (Å²) in [5.41, 5.74) is -13.5. The van der Waals surface area contributed by atoms with Crippen molar-refractivity contribution in [1.29, 1.82) is 0 Å². The van der Waals surface area contributed by atoms with Crippen LogP contribution in [0.4, 0.5) is 0 Å². The molecule has 34 nitrogen and oxygen atoms in total. The summed E-state index contributed by atoms with van der Waals surface area (Å²) in [6.07, 6.45) is -13.4. The molecule has 29 unspecified atom stereocenters. The van der Waals surface area contributed by atoms with Crippen LogP contribution in [0.3, 0.4) is 0 Å². The van der Waals surface area contributed by atoms with Crippen molar-refractivity contribution in [2.45, 2.75) is 214 Å². The fourth-order valence-corrected chi connectivity index (χ4v) is 36.2. The third-order valence-corrected chi connectivity index (χ3v) is 38.2. The van der Waals surface area contributed by atoms with Crippen molar-refractivity contribution in [1.82, 2.24) is 14.7 Å². The number of benzene rings is 3. The van der Waals surface area contributed by atoms with Gasteiger partial charge < -0.3 is 141 Å². The first-order chi connectivity index (χ1) is 62.5. The van der Waals surface area contributed by atoms with Crippen LogP contribution in [0.25, 0.3) is 0 Å². The topological polar surface area (TPSA) is 434 Å². The SMILES string of the molecule is COC[C@@]12CCC(OC)C34C5C[C@@]6(O)C(OC(=O)c7ccccc7)C5[C@@](OC(C)=O)(C(C(OC)C31)[C@@H]4N(C)C2)[C@@H](O)C6OC.COC[C@]12CN(C)[C@H]3C4C(OC)C1C3(C(OC)CC2O)C1C[C@@]2(O)C(OC(=O)c3ccccc3)C1[C@]4(O)[C@@H](O)C2OC.COC[C@]12CN(C)[C@H]3C4C(OC)C1C3(C(OC)CC2O)C1C[C@@]2(O)C(OC(=O)c3ccccc3)C1[C@]4(OC(C)=O)[C@@H](O)C2OC. The molecule has 21 rings (SSSR count). The Morgan fingerprint density at radius 2 is 0.702 bits per heavy atom. The highest BCUT2D eigenvalue weighted by molar-refractivity contribution is 5.91. The molecular weight excluding hydrogens is 1700 g/mol. The zero-order valence-electron chi connectivity index (χ0n) is 77.7. The number of carbonyl (C=O) groups is 5. The second-order valence-corrected chi connectivity index (χ2v) is 42.2. The fourth-order valence-electron chi connectivity index (χ4n) is 36.2. The van der Waals surface area contributed by atoms with Gasteiger partial charge >= 0.3 is 29.8 Å². The highest BCUT2D eigenvalue weighted by Crippen LogP contribution is 2.85. The number of aliphatic hydroxyl groups excluding tert-OH is 5. The van der Waals surface area contributed by atoms with Crippen LogP contribution < -0.4 is 0 Å². The van der Waals surface area contributed by atoms with Crippen LogP contribution in [0.5, 0.6) is 0 Å². The van der Waals surface area contributed by atoms with Crippen LogP contribution in [-0.2, 0) is 90.1 Å². The average molecular weight is 1840 g/mol. The average Bonchev–Trinajstić information content (AvgIpc) is 1.45. The molecule has 3 saturated heterocycles. The van der Waals surface area contributed by atoms with E-state index < -0.39 is 236 Å². The monoisotopic (exact) mass is 1840 g/mol. The summed E-state index contributed by atoms with van der Waals surface area (Å²) in [4.78, 5) is 73.9. The number of piperidine rings is 3. The number of nitrogens with zero attached hydrogens (tertiary/aromatic N) is 3. The Bertz CT molecular complexity index is 4820. The minimum absolute atomic E-state index is 0.0754. The number of carbonyl (C=O) groups excluding carboxylic acids is 5. The first kappa shape index (κ1) is 94.0. The number of hydrogen-bond acceptors (Lipinski definition) is 34. The summed E-state index contributed by atoms with van der Waals surface area (Å²) in [5.74, 6) is -9.58. The molecule has 3 aromatic rings. The predicted octanol–water partition coefficient (Wildman–Crippen LogP) is 1.23. The van der Waals surface area contributed by atoms with Crippen LogP contribution in [0.15, 0.2) is 91.0 Å². The highest BCUT2D eigenvalue weighted by Gasteiger charge is 2.96. The maximum Gasteiger partial charge on any atom is 0.338 e. The fraction of sp³-hybridized carbons (Fsp3) is 0.763. The predicted molar refractivity (Wildman–Crippen MR) is 457 cm³/mol. The van der Waals surface area contributed by atoms with E-state index in [1.807, 2.05) is 20.2 Å². The van der Waals surface area contributed by atoms with Crippen molar-refractivity contribution in [3.8, 4) is 0 Å². The Kier molecular flexibility index (Phi) is 23.4. The zero-order chi connectivity index (χ0) is 93.6. The van der Waals surface area contributed by atoms with Gasteiger partial charge in [-0.05, 0) is 107 Å². The van der Waals surface area contributed by atoms with Crippen molar-refractivity contribution in [2.75, 3.05) is 146 Å². The Morgan fingerprint density at radius 1 is 0.374 bits per heavy atom. The van der Waals surface area contributed by atoms with E-state index in [1.54, 1.807) is 149 Å². The summed E-state index contributed by atoms with van der Waals surface area (Å²) in [5, 5.41) is 112. The quantitative estimate of drug-likeness (QED) is 0.0476. The van der Waals surface area contributed by atoms with Gasteiger partial charge in [0.1, 0.15) is 77.3 Å². The maximum atomic E-state index is 13.7. The van der Waals surface area contributed by atoms with Gasteiger partial charge in [-0.3, -0.25) is 9.59 Å². The molecule has 3 spiro atoms. The molecule has 18 fully saturated rings. The zero-order valence-corrected chi connectivity index (χ0v) is 77.7. The van der Waals surface area contributed by atoms with Gasteiger partial charge in [-0.25, -0.2) is 14.4 Å². The highest BCUT2D eigenvalue weighted by atomic mass is 16.6. The molecular formula is C97H133N3O31. The van der Waals surface area contributed by atoms with Gasteiger partial charge in [0.15, 0.2) is 11.2 Å². The number of fused-ring (bicyclic) bond motifs is 6. The van der Waals surface area contributed by atoms with Gasteiger partial charge in [-0.1, -0.05) is 54.6 Å². The summed E-state index contributed by atoms with van der Waals surface area (Å²) >= 11 is 0. The summed E-state index contributed by atoms with van der Waals surface area (Å²) in [7, 11) is 25.1. The van der Waals surface area contributed by atoms with E-state index in [-0.39, 0.29) is 85.8 Å². The molecule has 34 heteroatoms. The van der Waals surface area contributed by atoms with E-state index in [0.29, 0.717) is 49.2 Å². The number of methoxy groups -OCH3 is 12. The number of ether oxygens (including phenoxy) is 17. The Hall–Kier alpha value is -5.95. The van der Waals surface area contributed by atoms with Crippen molar-refractivity contribution < 1.29 is 150 Å². The molecule has 44 atom stereocenters. The molecule has 3 aliphatic heterocycles. The van der Waals surface area contributed by atoms with E-state index in [1.165, 1.54) is 35.2 Å². The van der Waals surface area contributed by atoms with Gasteiger partial charge in [0.2, 0.25) is 0 Å². The lowest BCUT2D eigenvalue weighted by Crippen LogP contribution is -2.81. The van der Waals surface area contributed by atoms with Crippen molar-refractivity contribution in [3.05, 3.63) is 108 Å². The second-order valence-electron chi connectivity index (χ2n) is 42.2. The first-order valence-electron chi connectivity index (χ1n) is 46.3. The lowest BCUT2D eigenvalue weighted by atomic mass is 9.42. The number of aliphatic hydroxyl groups is 9. The summed E-state index contributed by atoms with van der Waals surface area (Å²) < 4.78 is 105. The Morgan fingerprint density at radius 3 is 1.05 bits per heavy atom. The first-order valence-corrected chi connectivity index (χ1v) is 46.3. The number of rotatable bonds is 23. The molecule has 722 valence electrons. The second kappa shape index (κ2) is 32.6. The van der Waals surface area contributed by atoms with Crippen molar-refractivity contribution in [3.63, 3.8) is 0 Å². The largest absolute Gasteiger partial charge is 0.455 e. The van der Waals surface area contributed by atoms with E-state index in [2.05, 4.69) is 21.7 Å². The van der Waals surface area contributed by atoms with Gasteiger partial charge in [0, 0.05) is 236 Å². The van der Waals surface area contributed by atoms with E-state index >= 15 is 0 Å². The third kappa shape index (κ3) is 11.4. The molecule has 0 radical (unpaired) electrons. The minimum Gasteiger partial charge on any atom is -0.455 e. The molecule has 0 aromatic heterocycles. The van der Waals surface area contributed by atoms with Gasteiger partial charge in [-0.15, -0.1) is 0 Å². The van der Waals surface area contributed by atoms with Crippen LogP contribution in [-0.4, -0.2) is 392 Å². The standard InChI is InChI=1S/C33H45NO11.C33H45NO10.C31H43NO10/c1-16(35)45-33-21-18(13-31(39,28(43-6)26(33)37)27(21)44-29(38)17-10-8-7-9-11-17)32-20(41-4)12-19(36)30(15-40-3)14-34(2)25(32)22(33)23(42-5)24(30)32;1-17(35)44-33-21-19(14-31(38,28(42-6)26(33)36)27(21)43-29(37)18-10-8-7-9-11-18)32-20(40-4)12-13-30(16-39-3)15-34(2)25(32)22(33)23(41-5)24(30)32;1-32-13-28(14-38-2)17(33)11-18(39-3)30-16-12-29(36)25(42-27(35)15-9-7-6-8-10-15)19(16)31(37,24(34)26(29)41-5)20(23(30)32)21(40-4)22(28)30/h7-11,18-28,36-37,39H,12-15H2,1-6H3;7-11,19-28,36,38H,12-16H2,1-6H3;6-10,16-26,33-34,36-37H,11-14H2,1-5H3/t18?,19?,20?,21?,22?,23?,24?,25-,26-,27?,28?,30-,31+,32?,33+;19?,20?,21?,22?,23?,24?,25-,26-,27?,28?,30-,31+,32?,33+;16?,17?,18?,19?,20?,21?,22?,23-,24-,25?,26?,28-,29+,30?,31+/m000/s1. The van der Waals surface area contributed by atoms with Crippen LogP contribution >= 0.6 is 0 Å². The Labute approximate surface area is 762 Å². The maximum absolute atomic E-state index is 13.7. The van der Waals surface area contributed by atoms with Gasteiger partial charge in [0.05, 0.1) is 85.3 Å². The van der Waals surface area contributed by atoms with Crippen LogP contribution in [0.2, 0.25) is 0 Å². The third-order valence-electron chi connectivity index (χ3n) is 38.2. The molecule has 3 heterocycles. The molecule has 18 aliphatic rings. The van der Waals surface area contributed by atoms with E-state index in [9.17, 15) is 69.9 Å². The normalized spacial score (nSPS) is 51.4. The molecule has 131 heavy (non-hydrogen) atoms. The molecule has 9 N–H and O–H groups in total. The molecule has 3 aromatic carbocycles. The van der Waals surface area contributed by atoms with Crippen molar-refractivity contribution >= 4 is 29.8 Å². The Balaban J connectivity index is 0.000000127. The molecule has 15 saturated carbocycles. The van der Waals surface area contributed by atoms with Gasteiger partial charge in [0.25, 0.3) is 0 Å². The van der Waals surface area contributed by atoms with E-state index in [4.69, 9.17) is 80.5 Å². The van der Waals surface area contributed by atoms with Gasteiger partial charge in [-0.2, -0.15) is 0 Å². The molecule has 15 aliphatic carbocycles.